The monoisotopic (exact) mass is 348 g/mol. The third-order valence-electron chi connectivity index (χ3n) is 4.41. The van der Waals surface area contributed by atoms with Crippen molar-refractivity contribution >= 4 is 16.8 Å². The highest BCUT2D eigenvalue weighted by molar-refractivity contribution is 6.07. The quantitative estimate of drug-likeness (QED) is 0.694. The smallest absolute Gasteiger partial charge is 0.252 e. The van der Waals surface area contributed by atoms with Crippen LogP contribution in [0, 0.1) is 0 Å². The number of pyridine rings is 1. The maximum Gasteiger partial charge on any atom is 0.252 e. The minimum atomic E-state index is -0.0647. The highest BCUT2D eigenvalue weighted by Gasteiger charge is 2.15. The fraction of sp³-hybridized carbons (Fsp3) is 0.273. The number of aromatic nitrogens is 1. The number of rotatable bonds is 6. The molecule has 0 saturated heterocycles. The molecule has 0 aliphatic rings. The number of nitrogens with one attached hydrogen (secondary N) is 1. The molecule has 0 aliphatic heterocycles. The van der Waals surface area contributed by atoms with Crippen molar-refractivity contribution < 1.29 is 9.53 Å². The number of hydrogen-bond donors (Lipinski definition) is 1. The zero-order valence-electron chi connectivity index (χ0n) is 15.5. The van der Waals surface area contributed by atoms with Crippen LogP contribution in [0.15, 0.2) is 54.6 Å². The molecule has 0 bridgehead atoms. The number of carbonyl (C=O) groups excluding carboxylic acids is 1. The lowest BCUT2D eigenvalue weighted by molar-refractivity contribution is 0.0941. The van der Waals surface area contributed by atoms with Gasteiger partial charge in [-0.2, -0.15) is 0 Å². The maximum absolute atomic E-state index is 12.8. The van der Waals surface area contributed by atoms with Gasteiger partial charge in [-0.3, -0.25) is 4.79 Å². The SMILES string of the molecule is CCOc1ccc(-c2cc(C(=O)N[C@@H](C)CC)c3ccccc3n2)cc1. The highest BCUT2D eigenvalue weighted by Crippen LogP contribution is 2.26. The van der Waals surface area contributed by atoms with Crippen molar-refractivity contribution in [3.63, 3.8) is 0 Å². The Morgan fingerprint density at radius 3 is 2.54 bits per heavy atom. The Kier molecular flexibility index (Phi) is 5.52. The second-order valence-electron chi connectivity index (χ2n) is 6.31. The number of fused-ring (bicyclic) bond motifs is 1. The van der Waals surface area contributed by atoms with Crippen molar-refractivity contribution in [1.29, 1.82) is 0 Å². The Labute approximate surface area is 154 Å². The summed E-state index contributed by atoms with van der Waals surface area (Å²) < 4.78 is 5.50. The first kappa shape index (κ1) is 17.9. The van der Waals surface area contributed by atoms with Crippen LogP contribution >= 0.6 is 0 Å². The first-order valence-electron chi connectivity index (χ1n) is 9.06. The largest absolute Gasteiger partial charge is 0.494 e. The summed E-state index contributed by atoms with van der Waals surface area (Å²) in [6.07, 6.45) is 0.889. The number of nitrogens with zero attached hydrogens (tertiary/aromatic N) is 1. The van der Waals surface area contributed by atoms with Gasteiger partial charge in [0.25, 0.3) is 5.91 Å². The average Bonchev–Trinajstić information content (AvgIpc) is 2.67. The molecule has 1 amide bonds. The van der Waals surface area contributed by atoms with Crippen LogP contribution in [0.1, 0.15) is 37.6 Å². The summed E-state index contributed by atoms with van der Waals surface area (Å²) in [5, 5.41) is 3.92. The van der Waals surface area contributed by atoms with Crippen LogP contribution in [0.5, 0.6) is 5.75 Å². The van der Waals surface area contributed by atoms with Crippen LogP contribution in [-0.2, 0) is 0 Å². The van der Waals surface area contributed by atoms with Gasteiger partial charge in [-0.25, -0.2) is 4.98 Å². The zero-order chi connectivity index (χ0) is 18.5. The van der Waals surface area contributed by atoms with E-state index in [-0.39, 0.29) is 11.9 Å². The molecule has 1 N–H and O–H groups in total. The van der Waals surface area contributed by atoms with E-state index in [4.69, 9.17) is 9.72 Å². The van der Waals surface area contributed by atoms with Crippen molar-refractivity contribution in [1.82, 2.24) is 10.3 Å². The van der Waals surface area contributed by atoms with E-state index in [1.807, 2.05) is 68.4 Å². The normalized spacial score (nSPS) is 12.0. The Balaban J connectivity index is 2.05. The molecule has 4 heteroatoms. The van der Waals surface area contributed by atoms with Crippen molar-refractivity contribution in [2.45, 2.75) is 33.2 Å². The predicted octanol–water partition coefficient (Wildman–Crippen LogP) is 4.83. The van der Waals surface area contributed by atoms with Gasteiger partial charge >= 0.3 is 0 Å². The van der Waals surface area contributed by atoms with Crippen LogP contribution in [-0.4, -0.2) is 23.5 Å². The molecule has 3 rings (SSSR count). The van der Waals surface area contributed by atoms with E-state index in [1.54, 1.807) is 0 Å². The highest BCUT2D eigenvalue weighted by atomic mass is 16.5. The standard InChI is InChI=1S/C22H24N2O2/c1-4-15(3)23-22(25)19-14-21(24-20-9-7-6-8-18(19)20)16-10-12-17(13-11-16)26-5-2/h6-15H,4-5H2,1-3H3,(H,23,25)/t15-/m0/s1. The average molecular weight is 348 g/mol. The first-order valence-corrected chi connectivity index (χ1v) is 9.06. The lowest BCUT2D eigenvalue weighted by atomic mass is 10.0. The summed E-state index contributed by atoms with van der Waals surface area (Å²) >= 11 is 0. The molecule has 1 atom stereocenters. The van der Waals surface area contributed by atoms with Crippen LogP contribution < -0.4 is 10.1 Å². The number of hydrogen-bond acceptors (Lipinski definition) is 3. The number of ether oxygens (including phenoxy) is 1. The first-order chi connectivity index (χ1) is 12.6. The molecule has 0 aliphatic carbocycles. The lowest BCUT2D eigenvalue weighted by Gasteiger charge is -2.14. The van der Waals surface area contributed by atoms with Gasteiger partial charge in [-0.05, 0) is 56.7 Å². The molecule has 0 fully saturated rings. The van der Waals surface area contributed by atoms with Crippen LogP contribution in [0.25, 0.3) is 22.2 Å². The van der Waals surface area contributed by atoms with Gasteiger partial charge in [-0.15, -0.1) is 0 Å². The van der Waals surface area contributed by atoms with E-state index in [0.29, 0.717) is 12.2 Å². The van der Waals surface area contributed by atoms with Crippen molar-refractivity contribution in [2.75, 3.05) is 6.61 Å². The van der Waals surface area contributed by atoms with E-state index < -0.39 is 0 Å². The molecular weight excluding hydrogens is 324 g/mol. The van der Waals surface area contributed by atoms with Gasteiger partial charge in [0.2, 0.25) is 0 Å². The predicted molar refractivity (Wildman–Crippen MR) is 106 cm³/mol. The summed E-state index contributed by atoms with van der Waals surface area (Å²) in [5.74, 6) is 0.761. The molecule has 4 nitrogen and oxygen atoms in total. The Morgan fingerprint density at radius 1 is 1.12 bits per heavy atom. The molecule has 1 heterocycles. The van der Waals surface area contributed by atoms with Gasteiger partial charge in [-0.1, -0.05) is 25.1 Å². The molecule has 0 spiro atoms. The van der Waals surface area contributed by atoms with Gasteiger partial charge in [0.1, 0.15) is 5.75 Å². The number of amides is 1. The van der Waals surface area contributed by atoms with Crippen molar-refractivity contribution in [3.05, 3.63) is 60.2 Å². The lowest BCUT2D eigenvalue weighted by Crippen LogP contribution is -2.32. The van der Waals surface area contributed by atoms with Gasteiger partial charge in [0, 0.05) is 17.0 Å². The summed E-state index contributed by atoms with van der Waals surface area (Å²) in [6.45, 7) is 6.66. The number of carbonyl (C=O) groups is 1. The summed E-state index contributed by atoms with van der Waals surface area (Å²) in [4.78, 5) is 17.5. The topological polar surface area (TPSA) is 51.2 Å². The van der Waals surface area contributed by atoms with Gasteiger partial charge < -0.3 is 10.1 Å². The van der Waals surface area contributed by atoms with Crippen LogP contribution in [0.4, 0.5) is 0 Å². The molecule has 1 aromatic heterocycles. The minimum absolute atomic E-state index is 0.0647. The zero-order valence-corrected chi connectivity index (χ0v) is 15.5. The third kappa shape index (κ3) is 3.85. The minimum Gasteiger partial charge on any atom is -0.494 e. The van der Waals surface area contributed by atoms with E-state index in [1.165, 1.54) is 0 Å². The van der Waals surface area contributed by atoms with E-state index >= 15 is 0 Å². The molecule has 0 saturated carbocycles. The molecule has 2 aromatic carbocycles. The maximum atomic E-state index is 12.8. The molecule has 26 heavy (non-hydrogen) atoms. The van der Waals surface area contributed by atoms with Crippen LogP contribution in [0.3, 0.4) is 0 Å². The second kappa shape index (κ2) is 8.00. The fourth-order valence-corrected chi connectivity index (χ4v) is 2.80. The molecular formula is C22H24N2O2. The molecule has 0 radical (unpaired) electrons. The molecule has 3 aromatic rings. The molecule has 134 valence electrons. The summed E-state index contributed by atoms with van der Waals surface area (Å²) in [5.41, 5.74) is 3.20. The van der Waals surface area contributed by atoms with E-state index in [2.05, 4.69) is 12.2 Å². The second-order valence-corrected chi connectivity index (χ2v) is 6.31. The fourth-order valence-electron chi connectivity index (χ4n) is 2.80. The van der Waals surface area contributed by atoms with Crippen molar-refractivity contribution in [2.24, 2.45) is 0 Å². The van der Waals surface area contributed by atoms with E-state index in [9.17, 15) is 4.79 Å². The summed E-state index contributed by atoms with van der Waals surface area (Å²) in [7, 11) is 0. The van der Waals surface area contributed by atoms with Crippen LogP contribution in [0.2, 0.25) is 0 Å². The van der Waals surface area contributed by atoms with E-state index in [0.717, 1.165) is 34.3 Å². The third-order valence-corrected chi connectivity index (χ3v) is 4.41. The Morgan fingerprint density at radius 2 is 1.85 bits per heavy atom. The summed E-state index contributed by atoms with van der Waals surface area (Å²) in [6, 6.07) is 17.5. The number of benzene rings is 2. The Bertz CT molecular complexity index is 904. The van der Waals surface area contributed by atoms with Crippen molar-refractivity contribution in [3.8, 4) is 17.0 Å². The number of para-hydroxylation sites is 1. The van der Waals surface area contributed by atoms with Gasteiger partial charge in [0.15, 0.2) is 0 Å². The Hall–Kier alpha value is -2.88. The molecule has 0 unspecified atom stereocenters. The van der Waals surface area contributed by atoms with Gasteiger partial charge in [0.05, 0.1) is 23.4 Å².